The van der Waals surface area contributed by atoms with Crippen LogP contribution in [-0.4, -0.2) is 36.6 Å². The Kier molecular flexibility index (Phi) is 3.72. The minimum Gasteiger partial charge on any atom is -0.317 e. The molecule has 98 valence electrons. The zero-order valence-electron chi connectivity index (χ0n) is 11.3. The number of likely N-dealkylation sites (tertiary alicyclic amines) is 1. The Morgan fingerprint density at radius 1 is 1.06 bits per heavy atom. The topological polar surface area (TPSA) is 15.3 Å². The van der Waals surface area contributed by atoms with E-state index in [0.29, 0.717) is 0 Å². The molecule has 0 spiro atoms. The van der Waals surface area contributed by atoms with Crippen LogP contribution in [0.3, 0.4) is 0 Å². The van der Waals surface area contributed by atoms with Crippen molar-refractivity contribution in [2.45, 2.75) is 64.0 Å². The van der Waals surface area contributed by atoms with Gasteiger partial charge in [-0.05, 0) is 64.0 Å². The van der Waals surface area contributed by atoms with Gasteiger partial charge in [-0.1, -0.05) is 12.8 Å². The molecular weight excluding hydrogens is 208 g/mol. The first-order chi connectivity index (χ1) is 8.34. The Bertz CT molecular complexity index is 247. The first-order valence-corrected chi connectivity index (χ1v) is 7.81. The molecule has 0 bridgehead atoms. The van der Waals surface area contributed by atoms with Crippen molar-refractivity contribution in [2.24, 2.45) is 11.8 Å². The third-order valence-electron chi connectivity index (χ3n) is 5.43. The van der Waals surface area contributed by atoms with E-state index in [9.17, 15) is 0 Å². The van der Waals surface area contributed by atoms with Crippen molar-refractivity contribution in [3.8, 4) is 0 Å². The number of piperidine rings is 1. The van der Waals surface area contributed by atoms with Crippen molar-refractivity contribution >= 4 is 0 Å². The highest BCUT2D eigenvalue weighted by molar-refractivity contribution is 4.95. The maximum absolute atomic E-state index is 3.49. The molecule has 2 saturated heterocycles. The first kappa shape index (κ1) is 12.0. The minimum absolute atomic E-state index is 0.859. The summed E-state index contributed by atoms with van der Waals surface area (Å²) in [5.41, 5.74) is 0. The molecule has 1 aliphatic carbocycles. The summed E-state index contributed by atoms with van der Waals surface area (Å²) in [6, 6.07) is 1.81. The molecule has 3 rings (SSSR count). The van der Waals surface area contributed by atoms with E-state index >= 15 is 0 Å². The van der Waals surface area contributed by atoms with Crippen LogP contribution in [0.15, 0.2) is 0 Å². The highest BCUT2D eigenvalue weighted by atomic mass is 15.2. The zero-order valence-corrected chi connectivity index (χ0v) is 11.3. The summed E-state index contributed by atoms with van der Waals surface area (Å²) < 4.78 is 0. The fourth-order valence-electron chi connectivity index (χ4n) is 4.48. The molecule has 2 heterocycles. The maximum atomic E-state index is 3.49. The molecule has 3 fully saturated rings. The molecule has 0 aromatic heterocycles. The van der Waals surface area contributed by atoms with Crippen LogP contribution in [0.5, 0.6) is 0 Å². The van der Waals surface area contributed by atoms with Crippen molar-refractivity contribution in [3.63, 3.8) is 0 Å². The van der Waals surface area contributed by atoms with Gasteiger partial charge in [0.15, 0.2) is 0 Å². The van der Waals surface area contributed by atoms with Crippen LogP contribution in [0.2, 0.25) is 0 Å². The molecule has 3 unspecified atom stereocenters. The normalized spacial score (nSPS) is 40.4. The summed E-state index contributed by atoms with van der Waals surface area (Å²) >= 11 is 0. The summed E-state index contributed by atoms with van der Waals surface area (Å²) in [6.07, 6.45) is 10.3. The SMILES string of the molecule is CC1CC2CCCCC2N1CC1CCNCC1. The van der Waals surface area contributed by atoms with Crippen LogP contribution in [-0.2, 0) is 0 Å². The van der Waals surface area contributed by atoms with Gasteiger partial charge in [0.1, 0.15) is 0 Å². The Hall–Kier alpha value is -0.0800. The number of rotatable bonds is 2. The fourth-order valence-corrected chi connectivity index (χ4v) is 4.48. The van der Waals surface area contributed by atoms with E-state index in [0.717, 1.165) is 23.9 Å². The lowest BCUT2D eigenvalue weighted by Gasteiger charge is -2.36. The highest BCUT2D eigenvalue weighted by Gasteiger charge is 2.40. The summed E-state index contributed by atoms with van der Waals surface area (Å²) in [5.74, 6) is 2.01. The molecule has 0 radical (unpaired) electrons. The third-order valence-corrected chi connectivity index (χ3v) is 5.43. The number of fused-ring (bicyclic) bond motifs is 1. The zero-order chi connectivity index (χ0) is 11.7. The van der Waals surface area contributed by atoms with Crippen LogP contribution in [0.1, 0.15) is 51.9 Å². The predicted octanol–water partition coefficient (Wildman–Crippen LogP) is 2.64. The molecule has 1 saturated carbocycles. The minimum atomic E-state index is 0.859. The van der Waals surface area contributed by atoms with Gasteiger partial charge >= 0.3 is 0 Å². The Labute approximate surface area is 106 Å². The van der Waals surface area contributed by atoms with E-state index in [1.165, 1.54) is 64.6 Å². The van der Waals surface area contributed by atoms with Crippen molar-refractivity contribution in [1.82, 2.24) is 10.2 Å². The largest absolute Gasteiger partial charge is 0.317 e. The Morgan fingerprint density at radius 2 is 1.82 bits per heavy atom. The number of nitrogens with zero attached hydrogens (tertiary/aromatic N) is 1. The molecule has 2 nitrogen and oxygen atoms in total. The molecule has 3 aliphatic rings. The Balaban J connectivity index is 1.60. The van der Waals surface area contributed by atoms with Gasteiger partial charge in [-0.2, -0.15) is 0 Å². The van der Waals surface area contributed by atoms with Crippen molar-refractivity contribution in [1.29, 1.82) is 0 Å². The molecule has 2 aliphatic heterocycles. The van der Waals surface area contributed by atoms with E-state index in [2.05, 4.69) is 17.1 Å². The average molecular weight is 236 g/mol. The van der Waals surface area contributed by atoms with E-state index < -0.39 is 0 Å². The van der Waals surface area contributed by atoms with E-state index in [1.54, 1.807) is 0 Å². The van der Waals surface area contributed by atoms with Crippen molar-refractivity contribution in [2.75, 3.05) is 19.6 Å². The molecule has 0 aromatic carbocycles. The number of hydrogen-bond donors (Lipinski definition) is 1. The van der Waals surface area contributed by atoms with Gasteiger partial charge in [0, 0.05) is 18.6 Å². The first-order valence-electron chi connectivity index (χ1n) is 7.81. The summed E-state index contributed by atoms with van der Waals surface area (Å²) in [4.78, 5) is 2.89. The third kappa shape index (κ3) is 2.53. The Morgan fingerprint density at radius 3 is 2.65 bits per heavy atom. The summed E-state index contributed by atoms with van der Waals surface area (Å²) in [5, 5.41) is 3.49. The lowest BCUT2D eigenvalue weighted by Crippen LogP contribution is -2.43. The molecule has 1 N–H and O–H groups in total. The standard InChI is InChI=1S/C15H28N2/c1-12-10-14-4-2-3-5-15(14)17(12)11-13-6-8-16-9-7-13/h12-16H,2-11H2,1H3. The fraction of sp³-hybridized carbons (Fsp3) is 1.00. The van der Waals surface area contributed by atoms with E-state index in [4.69, 9.17) is 0 Å². The van der Waals surface area contributed by atoms with Crippen molar-refractivity contribution in [3.05, 3.63) is 0 Å². The maximum Gasteiger partial charge on any atom is 0.0127 e. The van der Waals surface area contributed by atoms with Gasteiger partial charge in [0.25, 0.3) is 0 Å². The van der Waals surface area contributed by atoms with Crippen LogP contribution >= 0.6 is 0 Å². The second-order valence-electron chi connectivity index (χ2n) is 6.59. The van der Waals surface area contributed by atoms with Gasteiger partial charge in [-0.3, -0.25) is 4.90 Å². The summed E-state index contributed by atoms with van der Waals surface area (Å²) in [6.45, 7) is 6.37. The van der Waals surface area contributed by atoms with Gasteiger partial charge < -0.3 is 5.32 Å². The average Bonchev–Trinajstić information content (AvgIpc) is 2.68. The summed E-state index contributed by atoms with van der Waals surface area (Å²) in [7, 11) is 0. The van der Waals surface area contributed by atoms with Gasteiger partial charge in [-0.25, -0.2) is 0 Å². The van der Waals surface area contributed by atoms with Gasteiger partial charge in [-0.15, -0.1) is 0 Å². The smallest absolute Gasteiger partial charge is 0.0127 e. The quantitative estimate of drug-likeness (QED) is 0.793. The lowest BCUT2D eigenvalue weighted by atomic mass is 9.84. The monoisotopic (exact) mass is 236 g/mol. The number of hydrogen-bond acceptors (Lipinski definition) is 2. The van der Waals surface area contributed by atoms with Crippen LogP contribution < -0.4 is 5.32 Å². The van der Waals surface area contributed by atoms with Gasteiger partial charge in [0.05, 0.1) is 0 Å². The lowest BCUT2D eigenvalue weighted by molar-refractivity contribution is 0.123. The van der Waals surface area contributed by atoms with Gasteiger partial charge in [0.2, 0.25) is 0 Å². The molecule has 17 heavy (non-hydrogen) atoms. The van der Waals surface area contributed by atoms with Crippen LogP contribution in [0.4, 0.5) is 0 Å². The molecular formula is C15H28N2. The predicted molar refractivity (Wildman–Crippen MR) is 72.1 cm³/mol. The molecule has 3 atom stereocenters. The highest BCUT2D eigenvalue weighted by Crippen LogP contribution is 2.40. The second-order valence-corrected chi connectivity index (χ2v) is 6.59. The van der Waals surface area contributed by atoms with Crippen molar-refractivity contribution < 1.29 is 0 Å². The second kappa shape index (κ2) is 5.27. The number of nitrogens with one attached hydrogen (secondary N) is 1. The molecule has 2 heteroatoms. The van der Waals surface area contributed by atoms with E-state index in [1.807, 2.05) is 0 Å². The van der Waals surface area contributed by atoms with Crippen LogP contribution in [0.25, 0.3) is 0 Å². The molecule has 0 amide bonds. The van der Waals surface area contributed by atoms with Crippen LogP contribution in [0, 0.1) is 11.8 Å². The molecule has 0 aromatic rings. The van der Waals surface area contributed by atoms with E-state index in [-0.39, 0.29) is 0 Å².